The molecule has 1 amide bonds. The molecule has 1 aromatic carbocycles. The van der Waals surface area contributed by atoms with Gasteiger partial charge in [-0.3, -0.25) is 9.78 Å². The highest BCUT2D eigenvalue weighted by atomic mass is 35.5. The number of carbonyl (C=O) groups excluding carboxylic acids is 1. The second kappa shape index (κ2) is 8.37. The van der Waals surface area contributed by atoms with Crippen molar-refractivity contribution >= 4 is 27.5 Å². The molecule has 0 unspecified atom stereocenters. The number of piperidine rings is 1. The smallest absolute Gasteiger partial charge is 0.253 e. The summed E-state index contributed by atoms with van der Waals surface area (Å²) in [5.41, 5.74) is 1.04. The largest absolute Gasteiger partial charge is 0.336 e. The molecule has 0 radical (unpaired) electrons. The Bertz CT molecular complexity index is 913. The molecule has 0 saturated carbocycles. The fourth-order valence-electron chi connectivity index (χ4n) is 3.11. The van der Waals surface area contributed by atoms with E-state index in [4.69, 9.17) is 11.6 Å². The summed E-state index contributed by atoms with van der Waals surface area (Å²) in [4.78, 5) is 18.5. The lowest BCUT2D eigenvalue weighted by Gasteiger charge is -2.26. The van der Waals surface area contributed by atoms with Gasteiger partial charge in [-0.2, -0.15) is 4.31 Å². The summed E-state index contributed by atoms with van der Waals surface area (Å²) in [7, 11) is -2.06. The molecule has 0 aliphatic carbocycles. The molecule has 1 aromatic heterocycles. The van der Waals surface area contributed by atoms with Crippen LogP contribution in [0, 0.1) is 0 Å². The van der Waals surface area contributed by atoms with E-state index in [2.05, 4.69) is 4.98 Å². The predicted octanol–water partition coefficient (Wildman–Crippen LogP) is 3.18. The fraction of sp³-hybridized carbons (Fsp3) is 0.368. The summed E-state index contributed by atoms with van der Waals surface area (Å²) < 4.78 is 27.3. The van der Waals surface area contributed by atoms with Crippen LogP contribution in [0.1, 0.15) is 35.3 Å². The van der Waals surface area contributed by atoms with E-state index in [-0.39, 0.29) is 21.4 Å². The van der Waals surface area contributed by atoms with E-state index in [0.717, 1.165) is 25.0 Å². The van der Waals surface area contributed by atoms with Crippen LogP contribution in [0.5, 0.6) is 0 Å². The number of pyridine rings is 1. The van der Waals surface area contributed by atoms with Gasteiger partial charge < -0.3 is 4.90 Å². The Morgan fingerprint density at radius 2 is 1.93 bits per heavy atom. The monoisotopic (exact) mass is 407 g/mol. The standard InChI is InChI=1S/C19H22ClN3O3S/c1-22(14-16-7-3-4-10-21-16)19(24)15-8-9-17(20)18(13-15)27(25,26)23-11-5-2-6-12-23/h3-4,7-10,13H,2,5-6,11-12,14H2,1H3. The number of hydrogen-bond donors (Lipinski definition) is 0. The summed E-state index contributed by atoms with van der Waals surface area (Å²) in [5, 5.41) is 0.129. The van der Waals surface area contributed by atoms with Crippen LogP contribution in [0.2, 0.25) is 5.02 Å². The topological polar surface area (TPSA) is 70.6 Å². The van der Waals surface area contributed by atoms with E-state index >= 15 is 0 Å². The van der Waals surface area contributed by atoms with Crippen molar-refractivity contribution < 1.29 is 13.2 Å². The second-order valence-corrected chi connectivity index (χ2v) is 8.91. The highest BCUT2D eigenvalue weighted by Gasteiger charge is 2.29. The van der Waals surface area contributed by atoms with Crippen LogP contribution in [0.3, 0.4) is 0 Å². The van der Waals surface area contributed by atoms with Gasteiger partial charge in [0.05, 0.1) is 17.3 Å². The first-order chi connectivity index (χ1) is 12.9. The average molecular weight is 408 g/mol. The third kappa shape index (κ3) is 4.48. The van der Waals surface area contributed by atoms with Crippen molar-refractivity contribution in [1.29, 1.82) is 0 Å². The number of nitrogens with zero attached hydrogens (tertiary/aromatic N) is 3. The molecule has 144 valence electrons. The average Bonchev–Trinajstić information content (AvgIpc) is 2.69. The summed E-state index contributed by atoms with van der Waals surface area (Å²) in [6.07, 6.45) is 4.36. The molecule has 1 aliphatic heterocycles. The van der Waals surface area contributed by atoms with Crippen LogP contribution < -0.4 is 0 Å². The van der Waals surface area contributed by atoms with Crippen molar-refractivity contribution in [3.8, 4) is 0 Å². The van der Waals surface area contributed by atoms with Crippen molar-refractivity contribution in [3.05, 3.63) is 58.9 Å². The maximum atomic E-state index is 13.0. The zero-order valence-corrected chi connectivity index (χ0v) is 16.7. The van der Waals surface area contributed by atoms with Gasteiger partial charge in [0.15, 0.2) is 0 Å². The lowest BCUT2D eigenvalue weighted by molar-refractivity contribution is 0.0783. The van der Waals surface area contributed by atoms with Crippen molar-refractivity contribution in [2.45, 2.75) is 30.7 Å². The molecule has 2 heterocycles. The maximum Gasteiger partial charge on any atom is 0.253 e. The first-order valence-corrected chi connectivity index (χ1v) is 10.7. The van der Waals surface area contributed by atoms with E-state index in [9.17, 15) is 13.2 Å². The van der Waals surface area contributed by atoms with Crippen molar-refractivity contribution in [2.75, 3.05) is 20.1 Å². The normalized spacial score (nSPS) is 15.5. The number of benzene rings is 1. The fourth-order valence-corrected chi connectivity index (χ4v) is 5.12. The molecular weight excluding hydrogens is 386 g/mol. The van der Waals surface area contributed by atoms with Gasteiger partial charge in [0.1, 0.15) is 4.90 Å². The molecule has 8 heteroatoms. The minimum absolute atomic E-state index is 0.0110. The van der Waals surface area contributed by atoms with Crippen LogP contribution >= 0.6 is 11.6 Å². The Morgan fingerprint density at radius 3 is 2.59 bits per heavy atom. The molecule has 0 N–H and O–H groups in total. The quantitative estimate of drug-likeness (QED) is 0.763. The lowest BCUT2D eigenvalue weighted by atomic mass is 10.2. The van der Waals surface area contributed by atoms with Gasteiger partial charge in [-0.25, -0.2) is 8.42 Å². The number of sulfonamides is 1. The number of carbonyl (C=O) groups is 1. The zero-order valence-electron chi connectivity index (χ0n) is 15.1. The van der Waals surface area contributed by atoms with Crippen LogP contribution in [0.25, 0.3) is 0 Å². The van der Waals surface area contributed by atoms with Crippen LogP contribution in [0.4, 0.5) is 0 Å². The van der Waals surface area contributed by atoms with E-state index in [1.807, 2.05) is 18.2 Å². The Labute approximate surface area is 164 Å². The van der Waals surface area contributed by atoms with Crippen molar-refractivity contribution in [2.24, 2.45) is 0 Å². The molecule has 3 rings (SSSR count). The van der Waals surface area contributed by atoms with Gasteiger partial charge >= 0.3 is 0 Å². The third-order valence-corrected chi connectivity index (χ3v) is 6.96. The summed E-state index contributed by atoms with van der Waals surface area (Å²) in [6, 6.07) is 9.89. The Hall–Kier alpha value is -1.96. The minimum atomic E-state index is -3.72. The third-order valence-electron chi connectivity index (χ3n) is 4.58. The molecule has 1 aliphatic rings. The second-order valence-electron chi connectivity index (χ2n) is 6.59. The van der Waals surface area contributed by atoms with Gasteiger partial charge in [-0.05, 0) is 43.2 Å². The predicted molar refractivity (Wildman–Crippen MR) is 104 cm³/mol. The Kier molecular flexibility index (Phi) is 6.14. The number of halogens is 1. The molecule has 0 bridgehead atoms. The number of hydrogen-bond acceptors (Lipinski definition) is 4. The van der Waals surface area contributed by atoms with Gasteiger partial charge in [-0.1, -0.05) is 24.1 Å². The lowest BCUT2D eigenvalue weighted by Crippen LogP contribution is -2.36. The molecule has 0 atom stereocenters. The maximum absolute atomic E-state index is 13.0. The van der Waals surface area contributed by atoms with Crippen molar-refractivity contribution in [3.63, 3.8) is 0 Å². The number of rotatable bonds is 5. The zero-order chi connectivity index (χ0) is 19.4. The number of aromatic nitrogens is 1. The molecule has 6 nitrogen and oxygen atoms in total. The molecule has 1 fully saturated rings. The Balaban J connectivity index is 1.85. The van der Waals surface area contributed by atoms with Crippen LogP contribution in [0.15, 0.2) is 47.5 Å². The van der Waals surface area contributed by atoms with Crippen LogP contribution in [-0.4, -0.2) is 48.7 Å². The van der Waals surface area contributed by atoms with Gasteiger partial charge in [0.25, 0.3) is 5.91 Å². The first-order valence-electron chi connectivity index (χ1n) is 8.84. The summed E-state index contributed by atoms with van der Waals surface area (Å²) in [5.74, 6) is -0.285. The SMILES string of the molecule is CN(Cc1ccccn1)C(=O)c1ccc(Cl)c(S(=O)(=O)N2CCCCC2)c1. The van der Waals surface area contributed by atoms with Gasteiger partial charge in [0.2, 0.25) is 10.0 Å². The minimum Gasteiger partial charge on any atom is -0.336 e. The van der Waals surface area contributed by atoms with E-state index in [1.165, 1.54) is 21.3 Å². The molecule has 1 saturated heterocycles. The molecule has 2 aromatic rings. The number of amides is 1. The summed E-state index contributed by atoms with van der Waals surface area (Å²) in [6.45, 7) is 1.29. The van der Waals surface area contributed by atoms with Gasteiger partial charge in [0, 0.05) is 31.9 Å². The van der Waals surface area contributed by atoms with Crippen LogP contribution in [-0.2, 0) is 16.6 Å². The molecule has 0 spiro atoms. The Morgan fingerprint density at radius 1 is 1.19 bits per heavy atom. The summed E-state index contributed by atoms with van der Waals surface area (Å²) >= 11 is 6.17. The molecule has 27 heavy (non-hydrogen) atoms. The first kappa shape index (κ1) is 19.8. The van der Waals surface area contributed by atoms with Gasteiger partial charge in [-0.15, -0.1) is 0 Å². The van der Waals surface area contributed by atoms with E-state index in [0.29, 0.717) is 19.6 Å². The van der Waals surface area contributed by atoms with E-state index < -0.39 is 10.0 Å². The van der Waals surface area contributed by atoms with E-state index in [1.54, 1.807) is 19.3 Å². The highest BCUT2D eigenvalue weighted by molar-refractivity contribution is 7.89. The highest BCUT2D eigenvalue weighted by Crippen LogP contribution is 2.28. The van der Waals surface area contributed by atoms with Crippen molar-refractivity contribution in [1.82, 2.24) is 14.2 Å². The molecular formula is C19H22ClN3O3S.